The molecule has 0 atom stereocenters. The molecule has 0 saturated heterocycles. The van der Waals surface area contributed by atoms with Crippen molar-refractivity contribution in [2.75, 3.05) is 36.7 Å². The lowest BCUT2D eigenvalue weighted by molar-refractivity contribution is 0.396. The van der Waals surface area contributed by atoms with Gasteiger partial charge >= 0.3 is 0 Å². The highest BCUT2D eigenvalue weighted by Gasteiger charge is 2.19. The van der Waals surface area contributed by atoms with Crippen molar-refractivity contribution >= 4 is 51.1 Å². The molecule has 0 radical (unpaired) electrons. The molecule has 1 aromatic heterocycles. The third kappa shape index (κ3) is 3.94. The highest BCUT2D eigenvalue weighted by Crippen LogP contribution is 2.40. The van der Waals surface area contributed by atoms with E-state index < -0.39 is 0 Å². The zero-order valence-electron chi connectivity index (χ0n) is 18.1. The Morgan fingerprint density at radius 1 is 1.00 bits per heavy atom. The summed E-state index contributed by atoms with van der Waals surface area (Å²) >= 11 is 6.31. The maximum absolute atomic E-state index is 6.55. The number of rotatable bonds is 7. The quantitative estimate of drug-likeness (QED) is 0.369. The summed E-state index contributed by atoms with van der Waals surface area (Å²) in [6.07, 6.45) is 1.49. The SMILES string of the molecule is CCN(c1ncnc(Nc2cc(Cl)c(OC)cc2OC)c1N)c1cccc2ccccc12. The standard InChI is InChI=1S/C24H24ClN5O2/c1-4-30(19-11-7-9-15-8-5-6-10-16(15)19)24-22(26)23(27-14-28-24)29-18-12-17(25)20(31-2)13-21(18)32-3/h5-14H,4,26H2,1-3H3,(H,27,28,29). The van der Waals surface area contributed by atoms with Gasteiger partial charge in [0.1, 0.15) is 23.5 Å². The van der Waals surface area contributed by atoms with E-state index in [1.54, 1.807) is 26.4 Å². The van der Waals surface area contributed by atoms with Gasteiger partial charge in [-0.3, -0.25) is 0 Å². The van der Waals surface area contributed by atoms with Crippen LogP contribution in [0.1, 0.15) is 6.92 Å². The number of fused-ring (bicyclic) bond motifs is 1. The summed E-state index contributed by atoms with van der Waals surface area (Å²) in [6.45, 7) is 2.73. The second kappa shape index (κ2) is 9.20. The van der Waals surface area contributed by atoms with E-state index in [4.69, 9.17) is 26.8 Å². The summed E-state index contributed by atoms with van der Waals surface area (Å²) in [5, 5.41) is 5.93. The molecule has 32 heavy (non-hydrogen) atoms. The van der Waals surface area contributed by atoms with Crippen LogP contribution in [0.15, 0.2) is 60.9 Å². The second-order valence-corrected chi connectivity index (χ2v) is 7.42. The van der Waals surface area contributed by atoms with Gasteiger partial charge in [-0.05, 0) is 24.4 Å². The number of halogens is 1. The van der Waals surface area contributed by atoms with Crippen molar-refractivity contribution in [3.63, 3.8) is 0 Å². The van der Waals surface area contributed by atoms with E-state index in [0.717, 1.165) is 16.5 Å². The lowest BCUT2D eigenvalue weighted by Gasteiger charge is -2.25. The van der Waals surface area contributed by atoms with Gasteiger partial charge in [-0.2, -0.15) is 0 Å². The average Bonchev–Trinajstić information content (AvgIpc) is 2.82. The number of nitrogens with one attached hydrogen (secondary N) is 1. The number of nitrogens with zero attached hydrogens (tertiary/aromatic N) is 3. The first kappa shape index (κ1) is 21.5. The number of nitrogens with two attached hydrogens (primary N) is 1. The molecule has 4 rings (SSSR count). The maximum Gasteiger partial charge on any atom is 0.161 e. The topological polar surface area (TPSA) is 85.5 Å². The highest BCUT2D eigenvalue weighted by molar-refractivity contribution is 6.32. The van der Waals surface area contributed by atoms with Gasteiger partial charge in [0.05, 0.1) is 30.6 Å². The molecule has 0 aliphatic carbocycles. The number of hydrogen-bond acceptors (Lipinski definition) is 7. The number of methoxy groups -OCH3 is 2. The zero-order chi connectivity index (χ0) is 22.7. The van der Waals surface area contributed by atoms with Crippen molar-refractivity contribution in [3.05, 3.63) is 65.9 Å². The minimum absolute atomic E-state index is 0.413. The summed E-state index contributed by atoms with van der Waals surface area (Å²) in [5.41, 5.74) is 8.59. The molecule has 3 aromatic carbocycles. The zero-order valence-corrected chi connectivity index (χ0v) is 18.8. The third-order valence-corrected chi connectivity index (χ3v) is 5.51. The van der Waals surface area contributed by atoms with Crippen LogP contribution in [-0.2, 0) is 0 Å². The van der Waals surface area contributed by atoms with Crippen LogP contribution in [0.3, 0.4) is 0 Å². The van der Waals surface area contributed by atoms with Crippen molar-refractivity contribution in [3.8, 4) is 11.5 Å². The fraction of sp³-hybridized carbons (Fsp3) is 0.167. The first-order valence-corrected chi connectivity index (χ1v) is 10.5. The lowest BCUT2D eigenvalue weighted by atomic mass is 10.1. The largest absolute Gasteiger partial charge is 0.495 e. The molecule has 0 fully saturated rings. The minimum atomic E-state index is 0.413. The summed E-state index contributed by atoms with van der Waals surface area (Å²) in [5.74, 6) is 2.12. The molecule has 0 spiro atoms. The molecule has 0 bridgehead atoms. The molecule has 7 nitrogen and oxygen atoms in total. The van der Waals surface area contributed by atoms with E-state index in [9.17, 15) is 0 Å². The molecule has 164 valence electrons. The first-order chi connectivity index (χ1) is 15.6. The molecule has 8 heteroatoms. The van der Waals surface area contributed by atoms with Gasteiger partial charge in [-0.1, -0.05) is 48.0 Å². The Morgan fingerprint density at radius 2 is 1.75 bits per heavy atom. The molecular formula is C24H24ClN5O2. The predicted molar refractivity (Wildman–Crippen MR) is 131 cm³/mol. The summed E-state index contributed by atoms with van der Waals surface area (Å²) in [7, 11) is 3.12. The number of hydrogen-bond donors (Lipinski definition) is 2. The molecular weight excluding hydrogens is 426 g/mol. The Hall–Kier alpha value is -3.71. The molecule has 0 aliphatic heterocycles. The number of ether oxygens (including phenoxy) is 2. The predicted octanol–water partition coefficient (Wildman–Crippen LogP) is 5.78. The fourth-order valence-electron chi connectivity index (χ4n) is 3.66. The van der Waals surface area contributed by atoms with E-state index in [2.05, 4.69) is 51.4 Å². The average molecular weight is 450 g/mol. The Bertz CT molecular complexity index is 1260. The number of benzene rings is 3. The smallest absolute Gasteiger partial charge is 0.161 e. The van der Waals surface area contributed by atoms with Gasteiger partial charge in [-0.15, -0.1) is 0 Å². The fourth-order valence-corrected chi connectivity index (χ4v) is 3.90. The van der Waals surface area contributed by atoms with Crippen LogP contribution >= 0.6 is 11.6 Å². The second-order valence-electron chi connectivity index (χ2n) is 7.01. The minimum Gasteiger partial charge on any atom is -0.495 e. The van der Waals surface area contributed by atoms with Crippen molar-refractivity contribution < 1.29 is 9.47 Å². The molecule has 1 heterocycles. The highest BCUT2D eigenvalue weighted by atomic mass is 35.5. The monoisotopic (exact) mass is 449 g/mol. The van der Waals surface area contributed by atoms with E-state index in [1.165, 1.54) is 6.33 Å². The lowest BCUT2D eigenvalue weighted by Crippen LogP contribution is -2.20. The van der Waals surface area contributed by atoms with E-state index in [1.807, 2.05) is 18.2 Å². The summed E-state index contributed by atoms with van der Waals surface area (Å²) < 4.78 is 10.7. The van der Waals surface area contributed by atoms with Gasteiger partial charge in [0.25, 0.3) is 0 Å². The van der Waals surface area contributed by atoms with Crippen LogP contribution in [0.4, 0.5) is 28.7 Å². The van der Waals surface area contributed by atoms with E-state index in [0.29, 0.717) is 46.1 Å². The van der Waals surface area contributed by atoms with Crippen LogP contribution in [0.5, 0.6) is 11.5 Å². The molecule has 0 aliphatic rings. The Kier molecular flexibility index (Phi) is 6.18. The summed E-state index contributed by atoms with van der Waals surface area (Å²) in [4.78, 5) is 10.9. The van der Waals surface area contributed by atoms with Crippen LogP contribution in [0.25, 0.3) is 10.8 Å². The van der Waals surface area contributed by atoms with Crippen LogP contribution in [0.2, 0.25) is 5.02 Å². The van der Waals surface area contributed by atoms with Gasteiger partial charge < -0.3 is 25.4 Å². The van der Waals surface area contributed by atoms with Gasteiger partial charge in [-0.25, -0.2) is 9.97 Å². The van der Waals surface area contributed by atoms with Crippen LogP contribution in [0, 0.1) is 0 Å². The van der Waals surface area contributed by atoms with Crippen molar-refractivity contribution in [1.82, 2.24) is 9.97 Å². The van der Waals surface area contributed by atoms with Gasteiger partial charge in [0.2, 0.25) is 0 Å². The number of aromatic nitrogens is 2. The molecule has 3 N–H and O–H groups in total. The normalized spacial score (nSPS) is 10.8. The molecule has 0 saturated carbocycles. The van der Waals surface area contributed by atoms with Crippen LogP contribution < -0.4 is 25.4 Å². The number of anilines is 5. The van der Waals surface area contributed by atoms with Crippen molar-refractivity contribution in [1.29, 1.82) is 0 Å². The van der Waals surface area contributed by atoms with E-state index in [-0.39, 0.29) is 0 Å². The first-order valence-electron chi connectivity index (χ1n) is 10.1. The van der Waals surface area contributed by atoms with Gasteiger partial charge in [0.15, 0.2) is 11.6 Å². The van der Waals surface area contributed by atoms with Gasteiger partial charge in [0, 0.05) is 18.0 Å². The molecule has 0 amide bonds. The molecule has 4 aromatic rings. The molecule has 0 unspecified atom stereocenters. The Balaban J connectivity index is 1.76. The number of nitrogen functional groups attached to an aromatic ring is 1. The Labute approximate surface area is 191 Å². The third-order valence-electron chi connectivity index (χ3n) is 5.22. The summed E-state index contributed by atoms with van der Waals surface area (Å²) in [6, 6.07) is 17.8. The van der Waals surface area contributed by atoms with Crippen molar-refractivity contribution in [2.45, 2.75) is 6.92 Å². The maximum atomic E-state index is 6.55. The van der Waals surface area contributed by atoms with E-state index >= 15 is 0 Å². The Morgan fingerprint density at radius 3 is 2.50 bits per heavy atom. The van der Waals surface area contributed by atoms with Crippen molar-refractivity contribution in [2.24, 2.45) is 0 Å². The van der Waals surface area contributed by atoms with Crippen LogP contribution in [-0.4, -0.2) is 30.7 Å².